The fraction of sp³-hybridized carbons (Fsp3) is 0. The lowest BCUT2D eigenvalue weighted by Crippen LogP contribution is -1.96. The zero-order chi connectivity index (χ0) is 11.7. The minimum Gasteiger partial charge on any atom is -0.397 e. The van der Waals surface area contributed by atoms with Crippen LogP contribution in [0.5, 0.6) is 0 Å². The standard InChI is InChI=1S/C9H4ClNO4S/c10-5-3-4-16-9(5)8(12)6-1-2-7(15-6)11(13)14/h1-4H. The van der Waals surface area contributed by atoms with Gasteiger partial charge in [-0.25, -0.2) is 0 Å². The van der Waals surface area contributed by atoms with Gasteiger partial charge in [-0.15, -0.1) is 11.3 Å². The molecule has 0 saturated heterocycles. The van der Waals surface area contributed by atoms with Crippen LogP contribution in [-0.4, -0.2) is 10.7 Å². The summed E-state index contributed by atoms with van der Waals surface area (Å²) in [6.45, 7) is 0. The summed E-state index contributed by atoms with van der Waals surface area (Å²) in [7, 11) is 0. The van der Waals surface area contributed by atoms with Crippen molar-refractivity contribution in [3.05, 3.63) is 49.4 Å². The first-order chi connectivity index (χ1) is 7.59. The third-order valence-electron chi connectivity index (χ3n) is 1.82. The summed E-state index contributed by atoms with van der Waals surface area (Å²) in [5.41, 5.74) is 0. The summed E-state index contributed by atoms with van der Waals surface area (Å²) in [5.74, 6) is -1.000. The maximum atomic E-state index is 11.8. The molecule has 82 valence electrons. The molecule has 2 heterocycles. The van der Waals surface area contributed by atoms with E-state index in [2.05, 4.69) is 0 Å². The van der Waals surface area contributed by atoms with E-state index in [0.717, 1.165) is 17.4 Å². The highest BCUT2D eigenvalue weighted by atomic mass is 35.5. The zero-order valence-electron chi connectivity index (χ0n) is 7.68. The number of thiophene rings is 1. The van der Waals surface area contributed by atoms with E-state index in [1.807, 2.05) is 0 Å². The van der Waals surface area contributed by atoms with Crippen LogP contribution in [0.15, 0.2) is 28.0 Å². The molecule has 0 N–H and O–H groups in total. The Morgan fingerprint density at radius 1 is 1.44 bits per heavy atom. The summed E-state index contributed by atoms with van der Waals surface area (Å²) >= 11 is 6.93. The maximum absolute atomic E-state index is 11.8. The van der Waals surface area contributed by atoms with E-state index in [1.165, 1.54) is 6.07 Å². The number of rotatable bonds is 3. The zero-order valence-corrected chi connectivity index (χ0v) is 9.25. The van der Waals surface area contributed by atoms with Crippen molar-refractivity contribution in [2.24, 2.45) is 0 Å². The molecule has 0 amide bonds. The third-order valence-corrected chi connectivity index (χ3v) is 3.16. The quantitative estimate of drug-likeness (QED) is 0.481. The molecule has 0 fully saturated rings. The molecule has 0 atom stereocenters. The molecule has 0 aliphatic heterocycles. The van der Waals surface area contributed by atoms with Crippen LogP contribution >= 0.6 is 22.9 Å². The Labute approximate surface area is 98.4 Å². The normalized spacial score (nSPS) is 10.3. The number of nitro groups is 1. The Morgan fingerprint density at radius 2 is 2.19 bits per heavy atom. The lowest BCUT2D eigenvalue weighted by molar-refractivity contribution is -0.402. The number of furan rings is 1. The van der Waals surface area contributed by atoms with Gasteiger partial charge in [0.15, 0.2) is 5.76 Å². The van der Waals surface area contributed by atoms with Gasteiger partial charge in [-0.05, 0) is 17.5 Å². The molecule has 7 heteroatoms. The second-order valence-corrected chi connectivity index (χ2v) is 4.15. The van der Waals surface area contributed by atoms with Crippen LogP contribution in [0.3, 0.4) is 0 Å². The van der Waals surface area contributed by atoms with E-state index in [-0.39, 0.29) is 5.76 Å². The first-order valence-electron chi connectivity index (χ1n) is 4.11. The van der Waals surface area contributed by atoms with Crippen LogP contribution in [0.25, 0.3) is 0 Å². The monoisotopic (exact) mass is 257 g/mol. The molecule has 0 aliphatic carbocycles. The van der Waals surface area contributed by atoms with Gasteiger partial charge in [-0.2, -0.15) is 0 Å². The molecule has 0 radical (unpaired) electrons. The summed E-state index contributed by atoms with van der Waals surface area (Å²) in [6, 6.07) is 3.97. The number of ketones is 1. The van der Waals surface area contributed by atoms with Crippen molar-refractivity contribution in [3.63, 3.8) is 0 Å². The molecule has 0 aromatic carbocycles. The Balaban J connectivity index is 2.35. The SMILES string of the molecule is O=C(c1ccc([N+](=O)[O-])o1)c1sccc1Cl. The first-order valence-corrected chi connectivity index (χ1v) is 5.37. The molecule has 0 aliphatic rings. The average Bonchev–Trinajstić information content (AvgIpc) is 2.84. The number of carbonyl (C=O) groups excluding carboxylic acids is 1. The van der Waals surface area contributed by atoms with E-state index in [0.29, 0.717) is 9.90 Å². The Kier molecular flexibility index (Phi) is 2.76. The van der Waals surface area contributed by atoms with Gasteiger partial charge in [0, 0.05) is 0 Å². The fourth-order valence-electron chi connectivity index (χ4n) is 1.12. The Bertz CT molecular complexity index is 559. The highest BCUT2D eigenvalue weighted by molar-refractivity contribution is 7.13. The largest absolute Gasteiger partial charge is 0.433 e. The first kappa shape index (κ1) is 10.8. The molecule has 2 aromatic rings. The smallest absolute Gasteiger partial charge is 0.397 e. The van der Waals surface area contributed by atoms with Crippen molar-refractivity contribution in [1.29, 1.82) is 0 Å². The summed E-state index contributed by atoms with van der Waals surface area (Å²) < 4.78 is 4.79. The summed E-state index contributed by atoms with van der Waals surface area (Å²) in [4.78, 5) is 21.8. The van der Waals surface area contributed by atoms with Gasteiger partial charge in [0.1, 0.15) is 4.92 Å². The van der Waals surface area contributed by atoms with Crippen molar-refractivity contribution in [1.82, 2.24) is 0 Å². The van der Waals surface area contributed by atoms with Gasteiger partial charge in [-0.3, -0.25) is 14.9 Å². The van der Waals surface area contributed by atoms with Gasteiger partial charge in [0.2, 0.25) is 5.78 Å². The van der Waals surface area contributed by atoms with Crippen LogP contribution in [0.4, 0.5) is 5.88 Å². The van der Waals surface area contributed by atoms with Crippen LogP contribution in [0, 0.1) is 10.1 Å². The number of halogens is 1. The van der Waals surface area contributed by atoms with Crippen LogP contribution in [0.1, 0.15) is 15.4 Å². The summed E-state index contributed by atoms with van der Waals surface area (Å²) in [6.07, 6.45) is 0. The number of carbonyl (C=O) groups is 1. The maximum Gasteiger partial charge on any atom is 0.433 e. The van der Waals surface area contributed by atoms with Gasteiger partial charge in [-0.1, -0.05) is 11.6 Å². The van der Waals surface area contributed by atoms with E-state index in [1.54, 1.807) is 11.4 Å². The molecular formula is C9H4ClNO4S. The van der Waals surface area contributed by atoms with Crippen molar-refractivity contribution >= 4 is 34.6 Å². The minimum atomic E-state index is -0.702. The van der Waals surface area contributed by atoms with E-state index < -0.39 is 16.6 Å². The molecule has 0 unspecified atom stereocenters. The van der Waals surface area contributed by atoms with Gasteiger partial charge in [0.05, 0.1) is 16.0 Å². The van der Waals surface area contributed by atoms with Crippen molar-refractivity contribution in [3.8, 4) is 0 Å². The van der Waals surface area contributed by atoms with Crippen molar-refractivity contribution in [2.75, 3.05) is 0 Å². The van der Waals surface area contributed by atoms with Gasteiger partial charge >= 0.3 is 5.88 Å². The molecule has 2 aromatic heterocycles. The van der Waals surface area contributed by atoms with Crippen LogP contribution in [0.2, 0.25) is 5.02 Å². The molecule has 0 saturated carbocycles. The summed E-state index contributed by atoms with van der Waals surface area (Å²) in [5, 5.41) is 12.3. The predicted octanol–water partition coefficient (Wildman–Crippen LogP) is 3.13. The van der Waals surface area contributed by atoms with E-state index >= 15 is 0 Å². The minimum absolute atomic E-state index is 0.0870. The van der Waals surface area contributed by atoms with E-state index in [4.69, 9.17) is 16.0 Å². The molecule has 0 bridgehead atoms. The Morgan fingerprint density at radius 3 is 2.69 bits per heavy atom. The van der Waals surface area contributed by atoms with Crippen molar-refractivity contribution in [2.45, 2.75) is 0 Å². The number of nitrogens with zero attached hydrogens (tertiary/aromatic N) is 1. The number of hydrogen-bond donors (Lipinski definition) is 0. The average molecular weight is 258 g/mol. The third kappa shape index (κ3) is 1.84. The fourth-order valence-corrected chi connectivity index (χ4v) is 2.20. The van der Waals surface area contributed by atoms with Gasteiger partial charge < -0.3 is 4.42 Å². The molecule has 5 nitrogen and oxygen atoms in total. The second kappa shape index (κ2) is 4.07. The van der Waals surface area contributed by atoms with Gasteiger partial charge in [0.25, 0.3) is 0 Å². The lowest BCUT2D eigenvalue weighted by atomic mass is 10.2. The highest BCUT2D eigenvalue weighted by Crippen LogP contribution is 2.26. The molecule has 2 rings (SSSR count). The van der Waals surface area contributed by atoms with Crippen molar-refractivity contribution < 1.29 is 14.1 Å². The molecule has 0 spiro atoms. The molecular weight excluding hydrogens is 254 g/mol. The Hall–Kier alpha value is -1.66. The lowest BCUT2D eigenvalue weighted by Gasteiger charge is -1.92. The van der Waals surface area contributed by atoms with E-state index in [9.17, 15) is 14.9 Å². The topological polar surface area (TPSA) is 73.3 Å². The highest BCUT2D eigenvalue weighted by Gasteiger charge is 2.21. The van der Waals surface area contributed by atoms with Crippen LogP contribution < -0.4 is 0 Å². The number of hydrogen-bond acceptors (Lipinski definition) is 5. The molecule has 16 heavy (non-hydrogen) atoms. The predicted molar refractivity (Wildman–Crippen MR) is 58.1 cm³/mol. The van der Waals surface area contributed by atoms with Crippen LogP contribution in [-0.2, 0) is 0 Å². The second-order valence-electron chi connectivity index (χ2n) is 2.82.